The Balaban J connectivity index is 1.38. The summed E-state index contributed by atoms with van der Waals surface area (Å²) in [6.07, 6.45) is 2.76. The number of amides is 2. The average molecular weight is 629 g/mol. The van der Waals surface area contributed by atoms with Crippen molar-refractivity contribution in [1.29, 1.82) is 0 Å². The summed E-state index contributed by atoms with van der Waals surface area (Å²) in [7, 11) is 0. The van der Waals surface area contributed by atoms with Crippen molar-refractivity contribution in [2.24, 2.45) is 0 Å². The van der Waals surface area contributed by atoms with Crippen molar-refractivity contribution in [3.63, 3.8) is 0 Å². The molecule has 0 saturated carbocycles. The fraction of sp³-hybridized carbons (Fsp3) is 0.161. The summed E-state index contributed by atoms with van der Waals surface area (Å²) < 4.78 is 4.23. The van der Waals surface area contributed by atoms with Crippen LogP contribution in [0.25, 0.3) is 11.3 Å². The van der Waals surface area contributed by atoms with Gasteiger partial charge in [0.05, 0.1) is 29.1 Å². The second kappa shape index (κ2) is 10.0. The third kappa shape index (κ3) is 4.36. The maximum Gasteiger partial charge on any atom is 0.261 e. The monoisotopic (exact) mass is 627 g/mol. The van der Waals surface area contributed by atoms with E-state index in [1.165, 1.54) is 0 Å². The molecule has 0 aliphatic carbocycles. The Kier molecular flexibility index (Phi) is 6.28. The summed E-state index contributed by atoms with van der Waals surface area (Å²) in [5.74, 6) is -0.268. The molecule has 2 aliphatic heterocycles. The van der Waals surface area contributed by atoms with Crippen molar-refractivity contribution in [3.8, 4) is 5.69 Å². The van der Waals surface area contributed by atoms with E-state index >= 15 is 0 Å². The van der Waals surface area contributed by atoms with E-state index in [-0.39, 0.29) is 23.9 Å². The fourth-order valence-corrected chi connectivity index (χ4v) is 6.16. The van der Waals surface area contributed by atoms with Crippen LogP contribution >= 0.6 is 27.5 Å². The Hall–Kier alpha value is -4.21. The lowest BCUT2D eigenvalue weighted by atomic mass is 10.0. The Labute approximate surface area is 248 Å². The van der Waals surface area contributed by atoms with E-state index < -0.39 is 0 Å². The number of carbonyl (C=O) groups excluding carboxylic acids is 2. The van der Waals surface area contributed by atoms with Crippen LogP contribution in [0.4, 0.5) is 0 Å². The third-order valence-corrected chi connectivity index (χ3v) is 9.02. The first-order chi connectivity index (χ1) is 19.9. The maximum absolute atomic E-state index is 14.2. The predicted octanol–water partition coefficient (Wildman–Crippen LogP) is 4.93. The van der Waals surface area contributed by atoms with Gasteiger partial charge in [-0.25, -0.2) is 4.52 Å². The number of fused-ring (bicyclic) bond motifs is 4. The van der Waals surface area contributed by atoms with E-state index in [0.717, 1.165) is 21.2 Å². The summed E-state index contributed by atoms with van der Waals surface area (Å²) >= 11 is 9.64. The van der Waals surface area contributed by atoms with Crippen LogP contribution < -0.4 is 10.9 Å². The first-order valence-corrected chi connectivity index (χ1v) is 14.4. The number of carbonyl (C=O) groups is 2. The number of nitrogens with zero attached hydrogens (tertiary/aromatic N) is 4. The molecular weight excluding hydrogens is 606 g/mol. The Morgan fingerprint density at radius 1 is 1.05 bits per heavy atom. The molecule has 2 aliphatic rings. The van der Waals surface area contributed by atoms with Gasteiger partial charge in [0.2, 0.25) is 0 Å². The van der Waals surface area contributed by atoms with Gasteiger partial charge < -0.3 is 10.2 Å². The van der Waals surface area contributed by atoms with Gasteiger partial charge in [-0.2, -0.15) is 5.10 Å². The standard InChI is InChI=1S/C31H23BrClN5O3/c32-25-9-6-19(14-26(25)33)30(40)36-11-10-24-27(17-36)38-29(21(16-35-38)12-18-4-2-1-3-5-18)37(31(24)41)22-7-8-23-20(13-22)15-34-28(23)39/h1-9,13-14,16H,10-12,15,17H2,(H,34,39). The van der Waals surface area contributed by atoms with Crippen molar-refractivity contribution in [3.05, 3.63) is 132 Å². The minimum atomic E-state index is -0.158. The first-order valence-electron chi connectivity index (χ1n) is 13.2. The summed E-state index contributed by atoms with van der Waals surface area (Å²) in [5.41, 5.74) is 6.43. The summed E-state index contributed by atoms with van der Waals surface area (Å²) in [5, 5.41) is 8.07. The van der Waals surface area contributed by atoms with Gasteiger partial charge in [-0.05, 0) is 69.9 Å². The van der Waals surface area contributed by atoms with Gasteiger partial charge in [0.15, 0.2) is 0 Å². The van der Waals surface area contributed by atoms with Crippen LogP contribution in [0.3, 0.4) is 0 Å². The second-order valence-corrected chi connectivity index (χ2v) is 11.5. The van der Waals surface area contributed by atoms with Crippen molar-refractivity contribution in [2.75, 3.05) is 6.54 Å². The number of benzene rings is 3. The van der Waals surface area contributed by atoms with Crippen molar-refractivity contribution in [1.82, 2.24) is 24.4 Å². The largest absolute Gasteiger partial charge is 0.348 e. The smallest absolute Gasteiger partial charge is 0.261 e. The predicted molar refractivity (Wildman–Crippen MR) is 159 cm³/mol. The molecule has 0 saturated heterocycles. The molecule has 2 amide bonds. The van der Waals surface area contributed by atoms with Crippen LogP contribution in [-0.4, -0.2) is 37.4 Å². The van der Waals surface area contributed by atoms with Crippen molar-refractivity contribution in [2.45, 2.75) is 25.9 Å². The van der Waals surface area contributed by atoms with Gasteiger partial charge in [-0.15, -0.1) is 0 Å². The number of nitrogens with one attached hydrogen (secondary N) is 1. The summed E-state index contributed by atoms with van der Waals surface area (Å²) in [4.78, 5) is 41.6. The van der Waals surface area contributed by atoms with Gasteiger partial charge in [-0.1, -0.05) is 41.9 Å². The van der Waals surface area contributed by atoms with Crippen LogP contribution in [0.5, 0.6) is 0 Å². The minimum Gasteiger partial charge on any atom is -0.348 e. The summed E-state index contributed by atoms with van der Waals surface area (Å²) in [6.45, 7) is 1.05. The minimum absolute atomic E-state index is 0.111. The lowest BCUT2D eigenvalue weighted by molar-refractivity contribution is 0.0729. The maximum atomic E-state index is 14.2. The van der Waals surface area contributed by atoms with E-state index in [1.54, 1.807) is 44.4 Å². The molecule has 41 heavy (non-hydrogen) atoms. The Bertz CT molecular complexity index is 1950. The van der Waals surface area contributed by atoms with Gasteiger partial charge >= 0.3 is 0 Å². The van der Waals surface area contributed by atoms with Crippen LogP contribution in [0.2, 0.25) is 5.02 Å². The third-order valence-electron chi connectivity index (χ3n) is 7.79. The average Bonchev–Trinajstić information content (AvgIpc) is 3.57. The highest BCUT2D eigenvalue weighted by atomic mass is 79.9. The zero-order valence-corrected chi connectivity index (χ0v) is 24.1. The zero-order valence-electron chi connectivity index (χ0n) is 21.7. The molecule has 0 atom stereocenters. The number of rotatable bonds is 4. The number of hydrogen-bond donors (Lipinski definition) is 1. The van der Waals surface area contributed by atoms with Gasteiger partial charge in [-0.3, -0.25) is 19.0 Å². The number of hydrogen-bond acceptors (Lipinski definition) is 4. The highest BCUT2D eigenvalue weighted by molar-refractivity contribution is 9.10. The molecule has 10 heteroatoms. The van der Waals surface area contributed by atoms with Crippen LogP contribution in [0, 0.1) is 0 Å². The van der Waals surface area contributed by atoms with Crippen LogP contribution in [0.1, 0.15) is 48.7 Å². The van der Waals surface area contributed by atoms with Gasteiger partial charge in [0.25, 0.3) is 17.4 Å². The molecule has 1 N–H and O–H groups in total. The van der Waals surface area contributed by atoms with E-state index in [1.807, 2.05) is 42.5 Å². The van der Waals surface area contributed by atoms with E-state index in [9.17, 15) is 14.4 Å². The normalized spacial score (nSPS) is 14.2. The van der Waals surface area contributed by atoms with E-state index in [0.29, 0.717) is 64.7 Å². The molecule has 3 aromatic carbocycles. The Morgan fingerprint density at radius 2 is 1.88 bits per heavy atom. The molecule has 0 spiro atoms. The van der Waals surface area contributed by atoms with E-state index in [4.69, 9.17) is 16.7 Å². The quantitative estimate of drug-likeness (QED) is 0.306. The SMILES string of the molecule is O=C1NCc2cc(-n3c(=O)c4c(n5ncc(Cc6ccccc6)c35)CN(C(=O)c3ccc(Br)c(Cl)c3)CC4)ccc21. The molecule has 5 aromatic rings. The first kappa shape index (κ1) is 25.7. The molecule has 8 nitrogen and oxygen atoms in total. The second-order valence-electron chi connectivity index (χ2n) is 10.3. The van der Waals surface area contributed by atoms with Gasteiger partial charge in [0, 0.05) is 46.2 Å². The molecule has 0 radical (unpaired) electrons. The number of halogens is 2. The Morgan fingerprint density at radius 3 is 2.68 bits per heavy atom. The topological polar surface area (TPSA) is 88.7 Å². The van der Waals surface area contributed by atoms with Crippen LogP contribution in [0.15, 0.2) is 82.2 Å². The molecule has 0 unspecified atom stereocenters. The molecule has 0 bridgehead atoms. The lowest BCUT2D eigenvalue weighted by Crippen LogP contribution is -2.41. The van der Waals surface area contributed by atoms with E-state index in [2.05, 4.69) is 21.2 Å². The summed E-state index contributed by atoms with van der Waals surface area (Å²) in [6, 6.07) is 20.6. The number of aromatic nitrogens is 3. The molecule has 0 fully saturated rings. The molecule has 2 aromatic heterocycles. The molecule has 4 heterocycles. The molecule has 204 valence electrons. The zero-order chi connectivity index (χ0) is 28.2. The molecular formula is C31H23BrClN5O3. The lowest BCUT2D eigenvalue weighted by Gasteiger charge is -2.30. The molecule has 7 rings (SSSR count). The highest BCUT2D eigenvalue weighted by Crippen LogP contribution is 2.28. The highest BCUT2D eigenvalue weighted by Gasteiger charge is 2.30. The van der Waals surface area contributed by atoms with Crippen LogP contribution in [-0.2, 0) is 25.9 Å². The van der Waals surface area contributed by atoms with Gasteiger partial charge in [0.1, 0.15) is 5.65 Å². The van der Waals surface area contributed by atoms with Crippen molar-refractivity contribution < 1.29 is 9.59 Å². The fourth-order valence-electron chi connectivity index (χ4n) is 5.74. The van der Waals surface area contributed by atoms with Crippen molar-refractivity contribution >= 4 is 45.0 Å².